The van der Waals surface area contributed by atoms with Crippen molar-refractivity contribution in [3.05, 3.63) is 29.8 Å². The quantitative estimate of drug-likeness (QED) is 0.477. The van der Waals surface area contributed by atoms with Crippen molar-refractivity contribution in [2.24, 2.45) is 10.8 Å². The highest BCUT2D eigenvalue weighted by Crippen LogP contribution is 2.11. The monoisotopic (exact) mass is 271 g/mol. The molecule has 5 nitrogen and oxygen atoms in total. The van der Waals surface area contributed by atoms with E-state index in [-0.39, 0.29) is 10.9 Å². The predicted octanol–water partition coefficient (Wildman–Crippen LogP) is 0.647. The number of nitrogens with one attached hydrogen (secondary N) is 1. The van der Waals surface area contributed by atoms with Gasteiger partial charge in [-0.05, 0) is 29.9 Å². The van der Waals surface area contributed by atoms with E-state index < -0.39 is 9.84 Å². The second-order valence-corrected chi connectivity index (χ2v) is 5.92. The third-order valence-electron chi connectivity index (χ3n) is 2.01. The van der Waals surface area contributed by atoms with E-state index in [4.69, 9.17) is 5.73 Å². The molecule has 0 aliphatic rings. The van der Waals surface area contributed by atoms with Gasteiger partial charge in [0.2, 0.25) is 0 Å². The Hall–Kier alpha value is -1.47. The molecule has 0 aliphatic heterocycles. The fraction of sp³-hybridized carbons (Fsp3) is 0.200. The van der Waals surface area contributed by atoms with Gasteiger partial charge in [0.15, 0.2) is 14.9 Å². The van der Waals surface area contributed by atoms with E-state index in [1.165, 1.54) is 6.21 Å². The van der Waals surface area contributed by atoms with E-state index in [0.29, 0.717) is 4.90 Å². The van der Waals surface area contributed by atoms with E-state index in [9.17, 15) is 8.42 Å². The molecule has 0 fully saturated rings. The summed E-state index contributed by atoms with van der Waals surface area (Å²) in [4.78, 5) is 0.305. The molecule has 7 heteroatoms. The van der Waals surface area contributed by atoms with Crippen LogP contribution in [0.1, 0.15) is 12.5 Å². The van der Waals surface area contributed by atoms with Crippen molar-refractivity contribution < 1.29 is 8.42 Å². The maximum absolute atomic E-state index is 11.5. The smallest absolute Gasteiger partial charge is 0.184 e. The summed E-state index contributed by atoms with van der Waals surface area (Å²) in [5.74, 6) is 0.0867. The topological polar surface area (TPSA) is 84.5 Å². The first kappa shape index (κ1) is 13.6. The van der Waals surface area contributed by atoms with Crippen LogP contribution in [0, 0.1) is 0 Å². The summed E-state index contributed by atoms with van der Waals surface area (Å²) < 4.78 is 23.1. The molecule has 17 heavy (non-hydrogen) atoms. The second kappa shape index (κ2) is 5.74. The van der Waals surface area contributed by atoms with E-state index in [1.807, 2.05) is 0 Å². The minimum atomic E-state index is -3.15. The molecule has 1 aromatic rings. The van der Waals surface area contributed by atoms with Crippen molar-refractivity contribution >= 4 is 33.4 Å². The van der Waals surface area contributed by atoms with Crippen molar-refractivity contribution in [1.29, 1.82) is 0 Å². The lowest BCUT2D eigenvalue weighted by atomic mass is 10.2. The fourth-order valence-corrected chi connectivity index (χ4v) is 2.04. The Balaban J connectivity index is 2.82. The molecule has 3 N–H and O–H groups in total. The average molecular weight is 271 g/mol. The van der Waals surface area contributed by atoms with Crippen LogP contribution in [0.15, 0.2) is 34.3 Å². The van der Waals surface area contributed by atoms with Gasteiger partial charge in [-0.25, -0.2) is 8.42 Å². The number of hydrazone groups is 1. The molecular weight excluding hydrogens is 258 g/mol. The normalized spacial score (nSPS) is 11.6. The number of thiocarbonyl (C=S) groups is 1. The molecular formula is C10H13N3O2S2. The number of benzene rings is 1. The number of nitrogens with two attached hydrogens (primary N) is 1. The van der Waals surface area contributed by atoms with Crippen LogP contribution in [0.2, 0.25) is 0 Å². The molecule has 0 aliphatic carbocycles. The van der Waals surface area contributed by atoms with Crippen LogP contribution < -0.4 is 11.2 Å². The highest BCUT2D eigenvalue weighted by Gasteiger charge is 2.10. The third-order valence-corrected chi connectivity index (χ3v) is 3.85. The summed E-state index contributed by atoms with van der Waals surface area (Å²) in [6, 6.07) is 6.41. The zero-order valence-electron chi connectivity index (χ0n) is 9.25. The van der Waals surface area contributed by atoms with Crippen LogP contribution in [0.4, 0.5) is 0 Å². The first-order valence-electron chi connectivity index (χ1n) is 4.87. The lowest BCUT2D eigenvalue weighted by Crippen LogP contribution is -2.23. The van der Waals surface area contributed by atoms with Gasteiger partial charge in [-0.2, -0.15) is 5.10 Å². The van der Waals surface area contributed by atoms with Crippen LogP contribution in [-0.2, 0) is 9.84 Å². The third kappa shape index (κ3) is 4.12. The second-order valence-electron chi connectivity index (χ2n) is 3.21. The van der Waals surface area contributed by atoms with Gasteiger partial charge < -0.3 is 5.73 Å². The zero-order valence-corrected chi connectivity index (χ0v) is 10.9. The summed E-state index contributed by atoms with van der Waals surface area (Å²) in [6.07, 6.45) is 1.50. The SMILES string of the molecule is CCS(=O)(=O)c1ccc(C=NNC(N)=S)cc1. The van der Waals surface area contributed by atoms with Crippen LogP contribution in [0.25, 0.3) is 0 Å². The van der Waals surface area contributed by atoms with Crippen molar-refractivity contribution in [2.75, 3.05) is 5.75 Å². The van der Waals surface area contributed by atoms with Crippen LogP contribution in [0.3, 0.4) is 0 Å². The zero-order chi connectivity index (χ0) is 12.9. The van der Waals surface area contributed by atoms with Crippen molar-refractivity contribution in [2.45, 2.75) is 11.8 Å². The van der Waals surface area contributed by atoms with Crippen molar-refractivity contribution in [1.82, 2.24) is 5.43 Å². The first-order chi connectivity index (χ1) is 7.95. The van der Waals surface area contributed by atoms with Gasteiger partial charge in [-0.3, -0.25) is 5.43 Å². The minimum absolute atomic E-state index is 0.0754. The maximum atomic E-state index is 11.5. The molecule has 92 valence electrons. The number of rotatable bonds is 4. The number of hydrogen-bond acceptors (Lipinski definition) is 4. The van der Waals surface area contributed by atoms with E-state index >= 15 is 0 Å². The van der Waals surface area contributed by atoms with Crippen molar-refractivity contribution in [3.8, 4) is 0 Å². The van der Waals surface area contributed by atoms with Gasteiger partial charge in [0.25, 0.3) is 0 Å². The Labute approximate surface area is 106 Å². The summed E-state index contributed by atoms with van der Waals surface area (Å²) in [5.41, 5.74) is 8.35. The molecule has 0 radical (unpaired) electrons. The first-order valence-corrected chi connectivity index (χ1v) is 6.93. The molecule has 0 amide bonds. The lowest BCUT2D eigenvalue weighted by molar-refractivity contribution is 0.597. The van der Waals surface area contributed by atoms with Crippen molar-refractivity contribution in [3.63, 3.8) is 0 Å². The number of hydrogen-bond donors (Lipinski definition) is 2. The van der Waals surface area contributed by atoms with Gasteiger partial charge in [0.05, 0.1) is 16.9 Å². The summed E-state index contributed by atoms with van der Waals surface area (Å²) in [6.45, 7) is 1.61. The number of nitrogens with zero attached hydrogens (tertiary/aromatic N) is 1. The highest BCUT2D eigenvalue weighted by atomic mass is 32.2. The largest absolute Gasteiger partial charge is 0.375 e. The Kier molecular flexibility index (Phi) is 4.59. The van der Waals surface area contributed by atoms with Crippen LogP contribution >= 0.6 is 12.2 Å². The molecule has 0 atom stereocenters. The predicted molar refractivity (Wildman–Crippen MR) is 71.7 cm³/mol. The molecule has 0 bridgehead atoms. The maximum Gasteiger partial charge on any atom is 0.184 e. The molecule has 0 aromatic heterocycles. The highest BCUT2D eigenvalue weighted by molar-refractivity contribution is 7.91. The Bertz CT molecular complexity index is 521. The Morgan fingerprint density at radius 3 is 2.53 bits per heavy atom. The summed E-state index contributed by atoms with van der Waals surface area (Å²) in [7, 11) is -3.15. The van der Waals surface area contributed by atoms with Gasteiger partial charge in [-0.15, -0.1) is 0 Å². The minimum Gasteiger partial charge on any atom is -0.375 e. The van der Waals surface area contributed by atoms with Gasteiger partial charge in [0.1, 0.15) is 0 Å². The standard InChI is InChI=1S/C10H13N3O2S2/c1-2-17(14,15)9-5-3-8(4-6-9)7-12-13-10(11)16/h3-7H,2H2,1H3,(H3,11,13,16). The molecule has 0 saturated carbocycles. The van der Waals surface area contributed by atoms with E-state index in [2.05, 4.69) is 22.7 Å². The van der Waals surface area contributed by atoms with Gasteiger partial charge >= 0.3 is 0 Å². The Morgan fingerprint density at radius 2 is 2.06 bits per heavy atom. The summed E-state index contributed by atoms with van der Waals surface area (Å²) >= 11 is 4.57. The van der Waals surface area contributed by atoms with Gasteiger partial charge in [0, 0.05) is 0 Å². The molecule has 1 rings (SSSR count). The molecule has 0 heterocycles. The Morgan fingerprint density at radius 1 is 1.47 bits per heavy atom. The molecule has 1 aromatic carbocycles. The van der Waals surface area contributed by atoms with Gasteiger partial charge in [-0.1, -0.05) is 19.1 Å². The molecule has 0 saturated heterocycles. The molecule has 0 spiro atoms. The lowest BCUT2D eigenvalue weighted by Gasteiger charge is -2.01. The van der Waals surface area contributed by atoms with Crippen LogP contribution in [0.5, 0.6) is 0 Å². The number of sulfone groups is 1. The molecule has 0 unspecified atom stereocenters. The van der Waals surface area contributed by atoms with E-state index in [1.54, 1.807) is 31.2 Å². The fourth-order valence-electron chi connectivity index (χ4n) is 1.10. The van der Waals surface area contributed by atoms with Crippen LogP contribution in [-0.4, -0.2) is 25.5 Å². The average Bonchev–Trinajstić information content (AvgIpc) is 2.29. The summed E-state index contributed by atoms with van der Waals surface area (Å²) in [5, 5.41) is 3.84. The van der Waals surface area contributed by atoms with E-state index in [0.717, 1.165) is 5.56 Å².